The molecule has 139 valence electrons. The van der Waals surface area contributed by atoms with Gasteiger partial charge in [-0.05, 0) is 23.9 Å². The van der Waals surface area contributed by atoms with Gasteiger partial charge in [-0.2, -0.15) is 0 Å². The summed E-state index contributed by atoms with van der Waals surface area (Å²) in [6, 6.07) is 11.8. The summed E-state index contributed by atoms with van der Waals surface area (Å²) in [5, 5.41) is 4.93. The Morgan fingerprint density at radius 2 is 2.04 bits per heavy atom. The van der Waals surface area contributed by atoms with Crippen molar-refractivity contribution in [2.75, 3.05) is 11.4 Å². The molecule has 3 aromatic rings. The van der Waals surface area contributed by atoms with Crippen LogP contribution < -0.4 is 10.6 Å². The lowest BCUT2D eigenvalue weighted by molar-refractivity contribution is -0.119. The number of amides is 1. The second-order valence-corrected chi connectivity index (χ2v) is 8.03. The molecule has 3 rings (SSSR count). The molecule has 0 fully saturated rings. The Morgan fingerprint density at radius 3 is 2.67 bits per heavy atom. The number of carbonyl (C=O) groups excluding carboxylic acids is 2. The summed E-state index contributed by atoms with van der Waals surface area (Å²) in [6.07, 6.45) is 2.31. The molecule has 2 aromatic heterocycles. The van der Waals surface area contributed by atoms with Gasteiger partial charge in [-0.3, -0.25) is 9.59 Å². The van der Waals surface area contributed by atoms with Crippen LogP contribution in [0.3, 0.4) is 0 Å². The number of nitrogens with zero attached hydrogens (tertiary/aromatic N) is 2. The Balaban J connectivity index is 1.78. The molecule has 1 aromatic carbocycles. The van der Waals surface area contributed by atoms with Crippen LogP contribution in [0.4, 0.5) is 5.13 Å². The van der Waals surface area contributed by atoms with Crippen molar-refractivity contribution in [2.45, 2.75) is 25.8 Å². The van der Waals surface area contributed by atoms with Crippen molar-refractivity contribution in [3.63, 3.8) is 0 Å². The van der Waals surface area contributed by atoms with E-state index < -0.39 is 0 Å². The van der Waals surface area contributed by atoms with E-state index >= 15 is 0 Å². The van der Waals surface area contributed by atoms with Crippen LogP contribution in [0.5, 0.6) is 0 Å². The van der Waals surface area contributed by atoms with E-state index in [4.69, 9.17) is 10.7 Å². The zero-order valence-corrected chi connectivity index (χ0v) is 16.6. The first kappa shape index (κ1) is 19.3. The molecular formula is C20H20N3O2S2. The fourth-order valence-corrected chi connectivity index (χ4v) is 4.24. The third kappa shape index (κ3) is 4.81. The summed E-state index contributed by atoms with van der Waals surface area (Å²) >= 11 is 3.24. The molecular weight excluding hydrogens is 378 g/mol. The minimum Gasteiger partial charge on any atom is -0.369 e. The highest BCUT2D eigenvalue weighted by molar-refractivity contribution is 7.14. The molecule has 5 nitrogen and oxygen atoms in total. The smallest absolute Gasteiger partial charge is 0.224 e. The normalized spacial score (nSPS) is 11.9. The van der Waals surface area contributed by atoms with Gasteiger partial charge < -0.3 is 10.6 Å². The lowest BCUT2D eigenvalue weighted by Crippen LogP contribution is -2.23. The van der Waals surface area contributed by atoms with Crippen LogP contribution in [0, 0.1) is 0 Å². The number of hydrogen-bond donors (Lipinski definition) is 1. The maximum Gasteiger partial charge on any atom is 0.224 e. The summed E-state index contributed by atoms with van der Waals surface area (Å²) in [7, 11) is 0. The van der Waals surface area contributed by atoms with Gasteiger partial charge in [0.1, 0.15) is 0 Å². The van der Waals surface area contributed by atoms with E-state index in [0.29, 0.717) is 13.0 Å². The molecule has 27 heavy (non-hydrogen) atoms. The maximum atomic E-state index is 11.3. The number of aromatic nitrogens is 1. The van der Waals surface area contributed by atoms with Crippen molar-refractivity contribution in [1.82, 2.24) is 4.98 Å². The van der Waals surface area contributed by atoms with Crippen LogP contribution in [-0.2, 0) is 16.1 Å². The predicted molar refractivity (Wildman–Crippen MR) is 111 cm³/mol. The Bertz CT molecular complexity index is 888. The lowest BCUT2D eigenvalue weighted by Gasteiger charge is -2.19. The molecule has 1 unspecified atom stereocenters. The number of anilines is 1. The summed E-state index contributed by atoms with van der Waals surface area (Å²) in [5.74, 6) is -0.652. The van der Waals surface area contributed by atoms with Gasteiger partial charge in [-0.1, -0.05) is 30.3 Å². The average Bonchev–Trinajstić information content (AvgIpc) is 3.36. The molecule has 2 heterocycles. The van der Waals surface area contributed by atoms with Crippen molar-refractivity contribution in [2.24, 2.45) is 5.73 Å². The van der Waals surface area contributed by atoms with E-state index in [1.54, 1.807) is 29.6 Å². The number of thiazole rings is 1. The standard InChI is InChI=1S/C20H20N3O2S2/c1-14(19(21)25)15-5-7-16(8-6-15)18-13-27-20(22-18)23(9-3-10-24)12-17-4-2-11-26-17/h2,4-8,11,13-14H,3,9,12H2,1H3,(H2,21,25). The lowest BCUT2D eigenvalue weighted by atomic mass is 9.99. The average molecular weight is 399 g/mol. The summed E-state index contributed by atoms with van der Waals surface area (Å²) in [4.78, 5) is 30.1. The first-order valence-corrected chi connectivity index (χ1v) is 10.3. The Morgan fingerprint density at radius 1 is 1.26 bits per heavy atom. The third-order valence-corrected chi connectivity index (χ3v) is 6.07. The molecule has 2 N–H and O–H groups in total. The number of nitrogens with two attached hydrogens (primary N) is 1. The Kier molecular flexibility index (Phi) is 6.36. The molecule has 0 aliphatic carbocycles. The molecule has 0 aliphatic heterocycles. The van der Waals surface area contributed by atoms with Gasteiger partial charge >= 0.3 is 0 Å². The first-order chi connectivity index (χ1) is 13.1. The van der Waals surface area contributed by atoms with E-state index in [2.05, 4.69) is 11.0 Å². The third-order valence-electron chi connectivity index (χ3n) is 4.31. The number of thiophene rings is 1. The Labute approximate surface area is 166 Å². The maximum absolute atomic E-state index is 11.3. The second kappa shape index (κ2) is 8.92. The molecule has 0 spiro atoms. The first-order valence-electron chi connectivity index (χ1n) is 8.56. The van der Waals surface area contributed by atoms with Crippen molar-refractivity contribution >= 4 is 40.0 Å². The molecule has 1 radical (unpaired) electrons. The van der Waals surface area contributed by atoms with Crippen LogP contribution in [0.2, 0.25) is 0 Å². The largest absolute Gasteiger partial charge is 0.369 e. The van der Waals surface area contributed by atoms with Crippen LogP contribution >= 0.6 is 22.7 Å². The van der Waals surface area contributed by atoms with Crippen LogP contribution in [0.25, 0.3) is 11.3 Å². The van der Waals surface area contributed by atoms with E-state index in [-0.39, 0.29) is 11.8 Å². The molecule has 0 saturated heterocycles. The molecule has 0 aliphatic rings. The van der Waals surface area contributed by atoms with Crippen LogP contribution in [0.15, 0.2) is 47.2 Å². The summed E-state index contributed by atoms with van der Waals surface area (Å²) < 4.78 is 0. The van der Waals surface area contributed by atoms with Crippen molar-refractivity contribution < 1.29 is 9.59 Å². The predicted octanol–water partition coefficient (Wildman–Crippen LogP) is 3.97. The summed E-state index contributed by atoms with van der Waals surface area (Å²) in [6.45, 7) is 3.11. The van der Waals surface area contributed by atoms with Crippen molar-refractivity contribution in [1.29, 1.82) is 0 Å². The van der Waals surface area contributed by atoms with E-state index in [1.165, 1.54) is 4.88 Å². The van der Waals surface area contributed by atoms with Gasteiger partial charge in [0, 0.05) is 28.8 Å². The quantitative estimate of drug-likeness (QED) is 0.592. The fourth-order valence-electron chi connectivity index (χ4n) is 2.66. The molecule has 1 amide bonds. The van der Waals surface area contributed by atoms with Gasteiger partial charge in [0.25, 0.3) is 0 Å². The van der Waals surface area contributed by atoms with Crippen molar-refractivity contribution in [3.8, 4) is 11.3 Å². The molecule has 0 bridgehead atoms. The molecule has 1 atom stereocenters. The topological polar surface area (TPSA) is 76.3 Å². The van der Waals surface area contributed by atoms with Gasteiger partial charge in [0.05, 0.1) is 18.2 Å². The van der Waals surface area contributed by atoms with E-state index in [0.717, 1.165) is 28.5 Å². The Hall–Kier alpha value is -2.51. The highest BCUT2D eigenvalue weighted by atomic mass is 32.1. The highest BCUT2D eigenvalue weighted by Crippen LogP contribution is 2.30. The second-order valence-electron chi connectivity index (χ2n) is 6.16. The molecule has 7 heteroatoms. The number of rotatable bonds is 9. The number of benzene rings is 1. The van der Waals surface area contributed by atoms with Gasteiger partial charge in [0.2, 0.25) is 5.91 Å². The zero-order valence-electron chi connectivity index (χ0n) is 14.9. The summed E-state index contributed by atoms with van der Waals surface area (Å²) in [5.41, 5.74) is 8.12. The van der Waals surface area contributed by atoms with Gasteiger partial charge in [0.15, 0.2) is 11.4 Å². The van der Waals surface area contributed by atoms with Crippen LogP contribution in [-0.4, -0.2) is 23.7 Å². The monoisotopic (exact) mass is 398 g/mol. The minimum atomic E-state index is -0.338. The number of hydrogen-bond acceptors (Lipinski definition) is 6. The van der Waals surface area contributed by atoms with Gasteiger partial charge in [-0.25, -0.2) is 4.98 Å². The fraction of sp³-hybridized carbons (Fsp3) is 0.250. The number of primary amides is 1. The zero-order chi connectivity index (χ0) is 19.2. The SMILES string of the molecule is CC(C(N)=O)c1ccc(-c2csc(N(CC[C]=O)Cc3cccs3)n2)cc1. The minimum absolute atomic E-state index is 0.314. The van der Waals surface area contributed by atoms with Crippen LogP contribution in [0.1, 0.15) is 29.7 Å². The van der Waals surface area contributed by atoms with Crippen molar-refractivity contribution in [3.05, 3.63) is 57.6 Å². The van der Waals surface area contributed by atoms with Gasteiger partial charge in [-0.15, -0.1) is 22.7 Å². The molecule has 0 saturated carbocycles. The van der Waals surface area contributed by atoms with E-state index in [1.807, 2.05) is 47.4 Å². The number of carbonyl (C=O) groups is 1. The highest BCUT2D eigenvalue weighted by Gasteiger charge is 2.15. The van der Waals surface area contributed by atoms with E-state index in [9.17, 15) is 9.59 Å².